The molecule has 1 rings (SSSR count). The minimum absolute atomic E-state index is 0.0243. The first-order chi connectivity index (χ1) is 9.95. The van der Waals surface area contributed by atoms with E-state index in [-0.39, 0.29) is 28.5 Å². The predicted octanol–water partition coefficient (Wildman–Crippen LogP) is 2.41. The van der Waals surface area contributed by atoms with Gasteiger partial charge in [0.2, 0.25) is 5.91 Å². The highest BCUT2D eigenvalue weighted by atomic mass is 16.6. The van der Waals surface area contributed by atoms with Crippen molar-refractivity contribution in [2.45, 2.75) is 33.2 Å². The van der Waals surface area contributed by atoms with Gasteiger partial charge in [-0.3, -0.25) is 14.9 Å². The molecule has 0 aromatic heterocycles. The third-order valence-electron chi connectivity index (χ3n) is 3.23. The van der Waals surface area contributed by atoms with E-state index in [9.17, 15) is 14.9 Å². The van der Waals surface area contributed by atoms with Crippen molar-refractivity contribution in [3.05, 3.63) is 39.9 Å². The zero-order chi connectivity index (χ0) is 15.8. The molecule has 21 heavy (non-hydrogen) atoms. The summed E-state index contributed by atoms with van der Waals surface area (Å²) in [6.07, 6.45) is 0.819. The number of amides is 1. The molecule has 0 aliphatic heterocycles. The van der Waals surface area contributed by atoms with E-state index in [0.29, 0.717) is 13.1 Å². The molecule has 2 N–H and O–H groups in total. The molecule has 6 nitrogen and oxygen atoms in total. The molecule has 0 bridgehead atoms. The number of nitro groups is 1. The first-order valence-corrected chi connectivity index (χ1v) is 7.21. The molecule has 0 heterocycles. The fourth-order valence-corrected chi connectivity index (χ4v) is 1.99. The summed E-state index contributed by atoms with van der Waals surface area (Å²) in [4.78, 5) is 21.8. The number of nitrogens with zero attached hydrogens (tertiary/aromatic N) is 1. The third kappa shape index (κ3) is 5.51. The van der Waals surface area contributed by atoms with Crippen LogP contribution in [0.1, 0.15) is 38.8 Å². The topological polar surface area (TPSA) is 84.3 Å². The van der Waals surface area contributed by atoms with Gasteiger partial charge in [-0.1, -0.05) is 32.9 Å². The first-order valence-electron chi connectivity index (χ1n) is 7.21. The molecule has 0 saturated carbocycles. The van der Waals surface area contributed by atoms with Gasteiger partial charge in [0, 0.05) is 37.2 Å². The fourth-order valence-electron chi connectivity index (χ4n) is 1.99. The second-order valence-corrected chi connectivity index (χ2v) is 5.21. The van der Waals surface area contributed by atoms with Gasteiger partial charge in [-0.25, -0.2) is 0 Å². The van der Waals surface area contributed by atoms with E-state index in [2.05, 4.69) is 10.6 Å². The lowest BCUT2D eigenvalue weighted by Gasteiger charge is -2.17. The van der Waals surface area contributed by atoms with E-state index in [1.807, 2.05) is 26.8 Å². The monoisotopic (exact) mass is 293 g/mol. The molecule has 1 amide bonds. The summed E-state index contributed by atoms with van der Waals surface area (Å²) in [5.74, 6) is 0.00365. The number of rotatable bonds is 8. The van der Waals surface area contributed by atoms with Crippen LogP contribution in [0.15, 0.2) is 24.3 Å². The van der Waals surface area contributed by atoms with Gasteiger partial charge in [0.25, 0.3) is 5.69 Å². The highest BCUT2D eigenvalue weighted by Crippen LogP contribution is 2.21. The zero-order valence-corrected chi connectivity index (χ0v) is 12.8. The number of hydrogen-bond acceptors (Lipinski definition) is 4. The van der Waals surface area contributed by atoms with Gasteiger partial charge in [0.05, 0.1) is 4.92 Å². The standard InChI is InChI=1S/C15H23N3O3/c1-4-14(16-8-9-17-15(19)11(2)3)12-6-5-7-13(10-12)18(20)21/h5-7,10-11,14,16H,4,8-9H2,1-3H3,(H,17,19). The first kappa shape index (κ1) is 17.1. The molecule has 1 aromatic rings. The number of carbonyl (C=O) groups is 1. The van der Waals surface area contributed by atoms with Crippen LogP contribution in [0.25, 0.3) is 0 Å². The van der Waals surface area contributed by atoms with Crippen molar-refractivity contribution in [3.8, 4) is 0 Å². The Morgan fingerprint density at radius 1 is 1.33 bits per heavy atom. The lowest BCUT2D eigenvalue weighted by Crippen LogP contribution is -2.35. The van der Waals surface area contributed by atoms with Crippen molar-refractivity contribution in [1.82, 2.24) is 10.6 Å². The number of non-ortho nitro benzene ring substituents is 1. The molecule has 6 heteroatoms. The lowest BCUT2D eigenvalue weighted by molar-refractivity contribution is -0.384. The number of carbonyl (C=O) groups excluding carboxylic acids is 1. The van der Waals surface area contributed by atoms with E-state index < -0.39 is 0 Å². The Morgan fingerprint density at radius 2 is 2.05 bits per heavy atom. The molecule has 116 valence electrons. The molecule has 1 aromatic carbocycles. The van der Waals surface area contributed by atoms with E-state index in [4.69, 9.17) is 0 Å². The summed E-state index contributed by atoms with van der Waals surface area (Å²) < 4.78 is 0. The maximum Gasteiger partial charge on any atom is 0.269 e. The van der Waals surface area contributed by atoms with E-state index in [1.54, 1.807) is 12.1 Å². The van der Waals surface area contributed by atoms with Gasteiger partial charge in [-0.2, -0.15) is 0 Å². The van der Waals surface area contributed by atoms with Gasteiger partial charge in [-0.15, -0.1) is 0 Å². The smallest absolute Gasteiger partial charge is 0.269 e. The molecule has 0 saturated heterocycles. The maximum atomic E-state index is 11.4. The van der Waals surface area contributed by atoms with E-state index >= 15 is 0 Å². The van der Waals surface area contributed by atoms with Crippen LogP contribution < -0.4 is 10.6 Å². The summed E-state index contributed by atoms with van der Waals surface area (Å²) >= 11 is 0. The summed E-state index contributed by atoms with van der Waals surface area (Å²) in [7, 11) is 0. The van der Waals surface area contributed by atoms with Gasteiger partial charge >= 0.3 is 0 Å². The van der Waals surface area contributed by atoms with Crippen LogP contribution >= 0.6 is 0 Å². The van der Waals surface area contributed by atoms with Crippen LogP contribution in [0.3, 0.4) is 0 Å². The Bertz CT molecular complexity index is 489. The van der Waals surface area contributed by atoms with E-state index in [0.717, 1.165) is 12.0 Å². The molecule has 0 aliphatic carbocycles. The Labute approximate surface area is 125 Å². The summed E-state index contributed by atoms with van der Waals surface area (Å²) in [5.41, 5.74) is 0.989. The van der Waals surface area contributed by atoms with Crippen molar-refractivity contribution in [2.24, 2.45) is 5.92 Å². The molecule has 1 atom stereocenters. The third-order valence-corrected chi connectivity index (χ3v) is 3.23. The average Bonchev–Trinajstić information content (AvgIpc) is 2.47. The van der Waals surface area contributed by atoms with Crippen LogP contribution in [0.2, 0.25) is 0 Å². The van der Waals surface area contributed by atoms with Gasteiger partial charge in [0.15, 0.2) is 0 Å². The molecule has 0 radical (unpaired) electrons. The lowest BCUT2D eigenvalue weighted by atomic mass is 10.0. The van der Waals surface area contributed by atoms with Crippen molar-refractivity contribution >= 4 is 11.6 Å². The van der Waals surface area contributed by atoms with Crippen LogP contribution in [0, 0.1) is 16.0 Å². The Morgan fingerprint density at radius 3 is 2.62 bits per heavy atom. The average molecular weight is 293 g/mol. The predicted molar refractivity (Wildman–Crippen MR) is 82.0 cm³/mol. The molecule has 0 fully saturated rings. The Kier molecular flexibility index (Phi) is 6.81. The molecular formula is C15H23N3O3. The largest absolute Gasteiger partial charge is 0.355 e. The SMILES string of the molecule is CCC(NCCNC(=O)C(C)C)c1cccc([N+](=O)[O-])c1. The fraction of sp³-hybridized carbons (Fsp3) is 0.533. The molecule has 0 aliphatic rings. The zero-order valence-electron chi connectivity index (χ0n) is 12.8. The summed E-state index contributed by atoms with van der Waals surface area (Å²) in [6, 6.07) is 6.69. The number of nitro benzene ring substituents is 1. The van der Waals surface area contributed by atoms with Crippen LogP contribution in [-0.4, -0.2) is 23.9 Å². The van der Waals surface area contributed by atoms with Crippen molar-refractivity contribution in [2.75, 3.05) is 13.1 Å². The second-order valence-electron chi connectivity index (χ2n) is 5.21. The minimum Gasteiger partial charge on any atom is -0.355 e. The Balaban J connectivity index is 2.53. The quantitative estimate of drug-likeness (QED) is 0.438. The minimum atomic E-state index is -0.390. The van der Waals surface area contributed by atoms with Crippen molar-refractivity contribution in [1.29, 1.82) is 0 Å². The van der Waals surface area contributed by atoms with Crippen LogP contribution in [0.4, 0.5) is 5.69 Å². The Hall–Kier alpha value is -1.95. The number of nitrogens with one attached hydrogen (secondary N) is 2. The van der Waals surface area contributed by atoms with Crippen LogP contribution in [-0.2, 0) is 4.79 Å². The molecule has 1 unspecified atom stereocenters. The van der Waals surface area contributed by atoms with Gasteiger partial charge in [0.1, 0.15) is 0 Å². The molecular weight excluding hydrogens is 270 g/mol. The summed E-state index contributed by atoms with van der Waals surface area (Å²) in [5, 5.41) is 16.9. The van der Waals surface area contributed by atoms with Gasteiger partial charge in [-0.05, 0) is 12.0 Å². The van der Waals surface area contributed by atoms with Gasteiger partial charge < -0.3 is 10.6 Å². The highest BCUT2D eigenvalue weighted by molar-refractivity contribution is 5.77. The number of hydrogen-bond donors (Lipinski definition) is 2. The molecule has 0 spiro atoms. The maximum absolute atomic E-state index is 11.4. The highest BCUT2D eigenvalue weighted by Gasteiger charge is 2.13. The van der Waals surface area contributed by atoms with Crippen molar-refractivity contribution < 1.29 is 9.72 Å². The number of benzene rings is 1. The van der Waals surface area contributed by atoms with Crippen molar-refractivity contribution in [3.63, 3.8) is 0 Å². The van der Waals surface area contributed by atoms with E-state index in [1.165, 1.54) is 6.07 Å². The normalized spacial score (nSPS) is 12.2. The van der Waals surface area contributed by atoms with Crippen LogP contribution in [0.5, 0.6) is 0 Å². The second kappa shape index (κ2) is 8.36. The summed E-state index contributed by atoms with van der Waals surface area (Å²) in [6.45, 7) is 6.88.